The van der Waals surface area contributed by atoms with Crippen molar-refractivity contribution in [3.05, 3.63) is 29.8 Å². The zero-order valence-corrected chi connectivity index (χ0v) is 11.6. The van der Waals surface area contributed by atoms with Gasteiger partial charge in [0.15, 0.2) is 0 Å². The highest BCUT2D eigenvalue weighted by molar-refractivity contribution is 5.84. The number of aromatic hydroxyl groups is 1. The number of nitrogens with one attached hydrogen (secondary N) is 2. The maximum Gasteiger partial charge on any atom is 0.407 e. The molecule has 1 unspecified atom stereocenters. The van der Waals surface area contributed by atoms with Gasteiger partial charge in [-0.05, 0) is 24.6 Å². The lowest BCUT2D eigenvalue weighted by molar-refractivity contribution is -0.122. The summed E-state index contributed by atoms with van der Waals surface area (Å²) in [5, 5.41) is 22.7. The number of phenols is 1. The molecule has 0 fully saturated rings. The molecule has 7 heteroatoms. The molecule has 1 aromatic carbocycles. The SMILES string of the molecule is CCOC(=O)NCC(C(=O)NCC#N)c1ccc(O)cc1. The van der Waals surface area contributed by atoms with Crippen LogP contribution in [-0.2, 0) is 9.53 Å². The summed E-state index contributed by atoms with van der Waals surface area (Å²) in [5.41, 5.74) is 0.611. The number of alkyl carbamates (subject to hydrolysis) is 1. The summed E-state index contributed by atoms with van der Waals surface area (Å²) in [6, 6.07) is 7.88. The Hall–Kier alpha value is -2.75. The number of ether oxygens (including phenoxy) is 1. The second-order valence-corrected chi connectivity index (χ2v) is 4.12. The maximum atomic E-state index is 12.0. The van der Waals surface area contributed by atoms with E-state index in [4.69, 9.17) is 10.00 Å². The molecule has 0 heterocycles. The van der Waals surface area contributed by atoms with E-state index in [0.29, 0.717) is 5.56 Å². The molecule has 2 amide bonds. The van der Waals surface area contributed by atoms with E-state index in [2.05, 4.69) is 10.6 Å². The van der Waals surface area contributed by atoms with Gasteiger partial charge in [0.1, 0.15) is 12.3 Å². The van der Waals surface area contributed by atoms with Crippen LogP contribution in [0, 0.1) is 11.3 Å². The summed E-state index contributed by atoms with van der Waals surface area (Å²) in [4.78, 5) is 23.4. The number of carbonyl (C=O) groups excluding carboxylic acids is 2. The van der Waals surface area contributed by atoms with E-state index < -0.39 is 12.0 Å². The van der Waals surface area contributed by atoms with Crippen molar-refractivity contribution < 1.29 is 19.4 Å². The molecule has 0 radical (unpaired) electrons. The van der Waals surface area contributed by atoms with Gasteiger partial charge in [0, 0.05) is 6.54 Å². The zero-order valence-electron chi connectivity index (χ0n) is 11.6. The number of phenolic OH excluding ortho intramolecular Hbond substituents is 1. The Morgan fingerprint density at radius 3 is 2.57 bits per heavy atom. The van der Waals surface area contributed by atoms with Gasteiger partial charge in [0.05, 0.1) is 18.6 Å². The molecule has 21 heavy (non-hydrogen) atoms. The number of nitrogens with zero attached hydrogens (tertiary/aromatic N) is 1. The minimum atomic E-state index is -0.677. The Morgan fingerprint density at radius 2 is 2.00 bits per heavy atom. The monoisotopic (exact) mass is 291 g/mol. The average molecular weight is 291 g/mol. The van der Waals surface area contributed by atoms with E-state index in [0.717, 1.165) is 0 Å². The molecular formula is C14H17N3O4. The minimum Gasteiger partial charge on any atom is -0.508 e. The minimum absolute atomic E-state index is 0.0286. The fourth-order valence-electron chi connectivity index (χ4n) is 1.69. The third kappa shape index (κ3) is 5.40. The molecule has 112 valence electrons. The summed E-state index contributed by atoms with van der Waals surface area (Å²) in [6.07, 6.45) is -0.616. The third-order valence-electron chi connectivity index (χ3n) is 2.68. The fraction of sp³-hybridized carbons (Fsp3) is 0.357. The highest BCUT2D eigenvalue weighted by Gasteiger charge is 2.21. The van der Waals surface area contributed by atoms with Gasteiger partial charge in [-0.3, -0.25) is 4.79 Å². The zero-order chi connectivity index (χ0) is 15.7. The Bertz CT molecular complexity index is 522. The topological polar surface area (TPSA) is 111 Å². The number of hydrogen-bond donors (Lipinski definition) is 3. The highest BCUT2D eigenvalue weighted by Crippen LogP contribution is 2.18. The summed E-state index contributed by atoms with van der Waals surface area (Å²) >= 11 is 0. The van der Waals surface area contributed by atoms with Crippen molar-refractivity contribution >= 4 is 12.0 Å². The van der Waals surface area contributed by atoms with Crippen LogP contribution in [-0.4, -0.2) is 36.8 Å². The van der Waals surface area contributed by atoms with Crippen LogP contribution in [0.25, 0.3) is 0 Å². The lowest BCUT2D eigenvalue weighted by Crippen LogP contribution is -2.37. The molecule has 0 aliphatic heterocycles. The van der Waals surface area contributed by atoms with Gasteiger partial charge in [0.2, 0.25) is 5.91 Å². The smallest absolute Gasteiger partial charge is 0.407 e. The van der Waals surface area contributed by atoms with Gasteiger partial charge in [-0.2, -0.15) is 5.26 Å². The first-order chi connectivity index (χ1) is 10.1. The number of hydrogen-bond acceptors (Lipinski definition) is 5. The van der Waals surface area contributed by atoms with Crippen molar-refractivity contribution in [2.45, 2.75) is 12.8 Å². The van der Waals surface area contributed by atoms with Crippen LogP contribution in [0.1, 0.15) is 18.4 Å². The molecule has 0 spiro atoms. The summed E-state index contributed by atoms with van der Waals surface area (Å²) in [6.45, 7) is 1.82. The van der Waals surface area contributed by atoms with E-state index in [9.17, 15) is 14.7 Å². The Kier molecular flexibility index (Phi) is 6.54. The van der Waals surface area contributed by atoms with E-state index in [1.807, 2.05) is 6.07 Å². The predicted molar refractivity (Wildman–Crippen MR) is 74.5 cm³/mol. The average Bonchev–Trinajstić information content (AvgIpc) is 2.47. The first-order valence-electron chi connectivity index (χ1n) is 6.42. The fourth-order valence-corrected chi connectivity index (χ4v) is 1.69. The third-order valence-corrected chi connectivity index (χ3v) is 2.68. The number of benzene rings is 1. The Balaban J connectivity index is 2.79. The summed E-state index contributed by atoms with van der Waals surface area (Å²) < 4.78 is 4.73. The molecule has 0 aliphatic rings. The van der Waals surface area contributed by atoms with Gasteiger partial charge in [-0.15, -0.1) is 0 Å². The van der Waals surface area contributed by atoms with Crippen molar-refractivity contribution in [2.24, 2.45) is 0 Å². The standard InChI is InChI=1S/C14H17N3O4/c1-2-21-14(20)17-9-12(13(19)16-8-7-15)10-3-5-11(18)6-4-10/h3-6,12,18H,2,8-9H2,1H3,(H,16,19)(H,17,20). The van der Waals surface area contributed by atoms with Crippen LogP contribution in [0.4, 0.5) is 4.79 Å². The van der Waals surface area contributed by atoms with Gasteiger partial charge in [-0.1, -0.05) is 12.1 Å². The van der Waals surface area contributed by atoms with Crippen LogP contribution < -0.4 is 10.6 Å². The normalized spacial score (nSPS) is 11.0. The van der Waals surface area contributed by atoms with Crippen molar-refractivity contribution in [3.8, 4) is 11.8 Å². The van der Waals surface area contributed by atoms with E-state index in [1.165, 1.54) is 12.1 Å². The molecule has 0 saturated heterocycles. The van der Waals surface area contributed by atoms with Gasteiger partial charge in [-0.25, -0.2) is 4.79 Å². The highest BCUT2D eigenvalue weighted by atomic mass is 16.5. The van der Waals surface area contributed by atoms with E-state index in [-0.39, 0.29) is 31.4 Å². The van der Waals surface area contributed by atoms with Gasteiger partial charge in [0.25, 0.3) is 0 Å². The quantitative estimate of drug-likeness (QED) is 0.673. The van der Waals surface area contributed by atoms with Crippen molar-refractivity contribution in [1.29, 1.82) is 5.26 Å². The number of nitriles is 1. The molecule has 0 aromatic heterocycles. The molecule has 7 nitrogen and oxygen atoms in total. The van der Waals surface area contributed by atoms with Crippen molar-refractivity contribution in [2.75, 3.05) is 19.7 Å². The second kappa shape index (κ2) is 8.43. The van der Waals surface area contributed by atoms with Crippen LogP contribution >= 0.6 is 0 Å². The second-order valence-electron chi connectivity index (χ2n) is 4.12. The number of carbonyl (C=O) groups is 2. The largest absolute Gasteiger partial charge is 0.508 e. The van der Waals surface area contributed by atoms with Gasteiger partial charge < -0.3 is 20.5 Å². The molecule has 0 aliphatic carbocycles. The van der Waals surface area contributed by atoms with Crippen molar-refractivity contribution in [1.82, 2.24) is 10.6 Å². The number of rotatable bonds is 6. The van der Waals surface area contributed by atoms with Crippen LogP contribution in [0.15, 0.2) is 24.3 Å². The van der Waals surface area contributed by atoms with Crippen molar-refractivity contribution in [3.63, 3.8) is 0 Å². The van der Waals surface area contributed by atoms with E-state index in [1.54, 1.807) is 19.1 Å². The Morgan fingerprint density at radius 1 is 1.33 bits per heavy atom. The lowest BCUT2D eigenvalue weighted by atomic mass is 9.98. The summed E-state index contributed by atoms with van der Waals surface area (Å²) in [5.74, 6) is -0.990. The molecule has 3 N–H and O–H groups in total. The predicted octanol–water partition coefficient (Wildman–Crippen LogP) is 0.862. The molecular weight excluding hydrogens is 274 g/mol. The lowest BCUT2D eigenvalue weighted by Gasteiger charge is -2.17. The maximum absolute atomic E-state index is 12.0. The van der Waals surface area contributed by atoms with Crippen LogP contribution in [0.3, 0.4) is 0 Å². The van der Waals surface area contributed by atoms with Crippen LogP contribution in [0.2, 0.25) is 0 Å². The first kappa shape index (κ1) is 16.3. The Labute approximate surface area is 122 Å². The number of amides is 2. The van der Waals surface area contributed by atoms with E-state index >= 15 is 0 Å². The van der Waals surface area contributed by atoms with Crippen LogP contribution in [0.5, 0.6) is 5.75 Å². The molecule has 0 saturated carbocycles. The molecule has 1 atom stereocenters. The molecule has 1 aromatic rings. The molecule has 0 bridgehead atoms. The summed E-state index contributed by atoms with van der Waals surface area (Å²) in [7, 11) is 0. The molecule has 1 rings (SSSR count). The van der Waals surface area contributed by atoms with Gasteiger partial charge >= 0.3 is 6.09 Å². The first-order valence-corrected chi connectivity index (χ1v) is 6.42.